The minimum Gasteiger partial charge on any atom is -0.497 e. The van der Waals surface area contributed by atoms with Gasteiger partial charge in [0.15, 0.2) is 0 Å². The molecule has 5 nitrogen and oxygen atoms in total. The molecule has 1 heterocycles. The van der Waals surface area contributed by atoms with Crippen LogP contribution in [0.25, 0.3) is 33.4 Å². The largest absolute Gasteiger partial charge is 0.497 e. The van der Waals surface area contributed by atoms with E-state index in [-0.39, 0.29) is 0 Å². The number of methoxy groups -OCH3 is 3. The summed E-state index contributed by atoms with van der Waals surface area (Å²) in [5, 5.41) is 10.6. The molecule has 0 aromatic heterocycles. The van der Waals surface area contributed by atoms with Crippen LogP contribution < -0.4 is 19.1 Å². The fourth-order valence-electron chi connectivity index (χ4n) is 5.27. The summed E-state index contributed by atoms with van der Waals surface area (Å²) < 4.78 is 16.3. The Morgan fingerprint density at radius 2 is 1.05 bits per heavy atom. The monoisotopic (exact) mass is 504 g/mol. The Morgan fingerprint density at radius 3 is 1.50 bits per heavy atom. The van der Waals surface area contributed by atoms with Gasteiger partial charge >= 0.3 is 0 Å². The third-order valence-corrected chi connectivity index (χ3v) is 7.27. The number of hydrogen-bond donors (Lipinski definition) is 0. The standard InChI is InChI=1S/C33H32N2O3/c1-36-26-13-7-23(8-14-26)29-21-31(35-19-5-4-6-20-35)30(22-34)33(25-11-17-28(38-3)18-12-25)32(29)24-9-15-27(37-2)16-10-24/h7-18,21H,4-6,19-20H2,1-3H3. The molecule has 1 aliphatic heterocycles. The molecule has 0 spiro atoms. The lowest BCUT2D eigenvalue weighted by Crippen LogP contribution is -2.30. The molecular weight excluding hydrogens is 472 g/mol. The van der Waals surface area contributed by atoms with Gasteiger partial charge in [-0.2, -0.15) is 5.26 Å². The van der Waals surface area contributed by atoms with Crippen LogP contribution in [0.5, 0.6) is 17.2 Å². The number of benzene rings is 4. The molecule has 0 unspecified atom stereocenters. The molecule has 1 fully saturated rings. The van der Waals surface area contributed by atoms with Gasteiger partial charge in [0.25, 0.3) is 0 Å². The van der Waals surface area contributed by atoms with E-state index in [2.05, 4.69) is 41.3 Å². The molecule has 1 saturated heterocycles. The third-order valence-electron chi connectivity index (χ3n) is 7.27. The Morgan fingerprint density at radius 1 is 0.605 bits per heavy atom. The van der Waals surface area contributed by atoms with E-state index in [1.54, 1.807) is 21.3 Å². The van der Waals surface area contributed by atoms with Gasteiger partial charge in [0, 0.05) is 18.7 Å². The number of anilines is 1. The van der Waals surface area contributed by atoms with Crippen molar-refractivity contribution in [3.05, 3.63) is 84.4 Å². The van der Waals surface area contributed by atoms with Crippen LogP contribution in [0.2, 0.25) is 0 Å². The van der Waals surface area contributed by atoms with Crippen molar-refractivity contribution < 1.29 is 14.2 Å². The first-order valence-electron chi connectivity index (χ1n) is 13.0. The molecule has 38 heavy (non-hydrogen) atoms. The molecule has 0 atom stereocenters. The Labute approximate surface area is 224 Å². The van der Waals surface area contributed by atoms with Gasteiger partial charge in [0.1, 0.15) is 23.3 Å². The van der Waals surface area contributed by atoms with Crippen LogP contribution in [-0.2, 0) is 0 Å². The zero-order valence-corrected chi connectivity index (χ0v) is 22.2. The van der Waals surface area contributed by atoms with Gasteiger partial charge in [-0.25, -0.2) is 0 Å². The number of hydrogen-bond acceptors (Lipinski definition) is 5. The second-order valence-electron chi connectivity index (χ2n) is 9.41. The molecular formula is C33H32N2O3. The Balaban J connectivity index is 1.86. The predicted molar refractivity (Wildman–Crippen MR) is 153 cm³/mol. The molecule has 0 bridgehead atoms. The van der Waals surface area contributed by atoms with Gasteiger partial charge in [0.2, 0.25) is 0 Å². The highest BCUT2D eigenvalue weighted by Gasteiger charge is 2.25. The minimum atomic E-state index is 0.695. The quantitative estimate of drug-likeness (QED) is 0.260. The van der Waals surface area contributed by atoms with Crippen molar-refractivity contribution in [1.29, 1.82) is 5.26 Å². The molecule has 0 N–H and O–H groups in total. The van der Waals surface area contributed by atoms with Crippen molar-refractivity contribution in [3.8, 4) is 56.7 Å². The van der Waals surface area contributed by atoms with E-state index in [1.165, 1.54) is 6.42 Å². The highest BCUT2D eigenvalue weighted by atomic mass is 16.5. The highest BCUT2D eigenvalue weighted by Crippen LogP contribution is 2.47. The summed E-state index contributed by atoms with van der Waals surface area (Å²) in [4.78, 5) is 2.37. The average Bonchev–Trinajstić information content (AvgIpc) is 3.00. The highest BCUT2D eigenvalue weighted by molar-refractivity contribution is 6.00. The molecule has 4 aromatic carbocycles. The lowest BCUT2D eigenvalue weighted by Gasteiger charge is -2.32. The number of rotatable bonds is 7. The molecule has 0 saturated carbocycles. The van der Waals surface area contributed by atoms with Crippen LogP contribution in [0.3, 0.4) is 0 Å². The van der Waals surface area contributed by atoms with Crippen LogP contribution in [0.15, 0.2) is 78.9 Å². The second kappa shape index (κ2) is 11.3. The summed E-state index contributed by atoms with van der Waals surface area (Å²) in [7, 11) is 5.01. The average molecular weight is 505 g/mol. The Kier molecular flexibility index (Phi) is 7.51. The first-order chi connectivity index (χ1) is 18.7. The van der Waals surface area contributed by atoms with Crippen LogP contribution >= 0.6 is 0 Å². The topological polar surface area (TPSA) is 54.7 Å². The molecule has 0 radical (unpaired) electrons. The van der Waals surface area contributed by atoms with Gasteiger partial charge < -0.3 is 19.1 Å². The van der Waals surface area contributed by atoms with Crippen molar-refractivity contribution in [2.45, 2.75) is 19.3 Å². The van der Waals surface area contributed by atoms with Gasteiger partial charge in [0.05, 0.1) is 32.6 Å². The van der Waals surface area contributed by atoms with E-state index in [0.717, 1.165) is 82.2 Å². The fourth-order valence-corrected chi connectivity index (χ4v) is 5.27. The van der Waals surface area contributed by atoms with E-state index in [0.29, 0.717) is 5.56 Å². The van der Waals surface area contributed by atoms with Crippen LogP contribution in [0.4, 0.5) is 5.69 Å². The molecule has 1 aliphatic rings. The summed E-state index contributed by atoms with van der Waals surface area (Å²) in [5.74, 6) is 2.37. The van der Waals surface area contributed by atoms with Crippen LogP contribution in [0, 0.1) is 11.3 Å². The number of nitrogens with zero attached hydrogens (tertiary/aromatic N) is 2. The van der Waals surface area contributed by atoms with Crippen molar-refractivity contribution in [1.82, 2.24) is 0 Å². The van der Waals surface area contributed by atoms with Crippen molar-refractivity contribution >= 4 is 5.69 Å². The van der Waals surface area contributed by atoms with Crippen molar-refractivity contribution in [3.63, 3.8) is 0 Å². The lowest BCUT2D eigenvalue weighted by atomic mass is 9.83. The first kappa shape index (κ1) is 25.2. The number of piperidine rings is 1. The Hall–Kier alpha value is -4.43. The minimum absolute atomic E-state index is 0.695. The maximum Gasteiger partial charge on any atom is 0.118 e. The summed E-state index contributed by atoms with van der Waals surface area (Å²) in [5.41, 5.74) is 7.75. The smallest absolute Gasteiger partial charge is 0.118 e. The molecule has 5 heteroatoms. The maximum absolute atomic E-state index is 10.6. The van der Waals surface area contributed by atoms with E-state index in [1.807, 2.05) is 48.5 Å². The molecule has 4 aromatic rings. The first-order valence-corrected chi connectivity index (χ1v) is 13.0. The molecule has 5 rings (SSSR count). The summed E-state index contributed by atoms with van der Waals surface area (Å²) >= 11 is 0. The molecule has 0 aliphatic carbocycles. The SMILES string of the molecule is COc1ccc(-c2cc(N3CCCCC3)c(C#N)c(-c3ccc(OC)cc3)c2-c2ccc(OC)cc2)cc1. The van der Waals surface area contributed by atoms with Crippen molar-refractivity contribution in [2.75, 3.05) is 39.3 Å². The normalized spacial score (nSPS) is 13.1. The summed E-state index contributed by atoms with van der Waals surface area (Å²) in [6.07, 6.45) is 3.47. The summed E-state index contributed by atoms with van der Waals surface area (Å²) in [6, 6.07) is 29.0. The van der Waals surface area contributed by atoms with Crippen LogP contribution in [-0.4, -0.2) is 34.4 Å². The van der Waals surface area contributed by atoms with Gasteiger partial charge in [-0.1, -0.05) is 36.4 Å². The number of ether oxygens (including phenoxy) is 3. The van der Waals surface area contributed by atoms with Gasteiger partial charge in [-0.3, -0.25) is 0 Å². The zero-order chi connectivity index (χ0) is 26.5. The van der Waals surface area contributed by atoms with Crippen LogP contribution in [0.1, 0.15) is 24.8 Å². The van der Waals surface area contributed by atoms with E-state index in [9.17, 15) is 5.26 Å². The molecule has 192 valence electrons. The maximum atomic E-state index is 10.6. The van der Waals surface area contributed by atoms with Gasteiger partial charge in [-0.15, -0.1) is 0 Å². The van der Waals surface area contributed by atoms with Gasteiger partial charge in [-0.05, 0) is 89.5 Å². The fraction of sp³-hybridized carbons (Fsp3) is 0.242. The van der Waals surface area contributed by atoms with E-state index in [4.69, 9.17) is 14.2 Å². The lowest BCUT2D eigenvalue weighted by molar-refractivity contribution is 0.414. The zero-order valence-electron chi connectivity index (χ0n) is 22.2. The number of nitriles is 1. The van der Waals surface area contributed by atoms with Crippen molar-refractivity contribution in [2.24, 2.45) is 0 Å². The second-order valence-corrected chi connectivity index (χ2v) is 9.41. The Bertz CT molecular complexity index is 1430. The summed E-state index contributed by atoms with van der Waals surface area (Å²) in [6.45, 7) is 1.89. The third kappa shape index (κ3) is 4.90. The predicted octanol–water partition coefficient (Wildman–Crippen LogP) is 7.58. The molecule has 0 amide bonds. The van der Waals surface area contributed by atoms with E-state index < -0.39 is 0 Å². The van der Waals surface area contributed by atoms with E-state index >= 15 is 0 Å².